The lowest BCUT2D eigenvalue weighted by molar-refractivity contribution is -0.0162. The molecule has 0 aromatic rings. The standard InChI is InChI=1S/C18H34N2O2.C2H6/c1-4-9-15(3)12-16(5-2)18-19-21-14-17(22-18)13-20-10-7-6-8-11-20;1-2/h15-17H,4-14H2,1-3H3;1-2H3. The van der Waals surface area contributed by atoms with Gasteiger partial charge in [-0.05, 0) is 44.7 Å². The Balaban J connectivity index is 0.00000139. The molecule has 3 atom stereocenters. The van der Waals surface area contributed by atoms with Gasteiger partial charge in [-0.15, -0.1) is 0 Å². The van der Waals surface area contributed by atoms with Gasteiger partial charge in [0.25, 0.3) is 0 Å². The number of rotatable bonds is 8. The number of hydrogen-bond acceptors (Lipinski definition) is 4. The molecule has 0 aromatic heterocycles. The van der Waals surface area contributed by atoms with E-state index in [0.717, 1.165) is 31.2 Å². The first kappa shape index (κ1) is 21.3. The van der Waals surface area contributed by atoms with Gasteiger partial charge in [-0.1, -0.05) is 59.0 Å². The summed E-state index contributed by atoms with van der Waals surface area (Å²) < 4.78 is 6.20. The molecule has 2 aliphatic rings. The van der Waals surface area contributed by atoms with Gasteiger partial charge in [0, 0.05) is 12.5 Å². The van der Waals surface area contributed by atoms with Crippen LogP contribution >= 0.6 is 0 Å². The van der Waals surface area contributed by atoms with E-state index in [0.29, 0.717) is 12.5 Å². The van der Waals surface area contributed by atoms with Gasteiger partial charge < -0.3 is 9.57 Å². The van der Waals surface area contributed by atoms with Crippen molar-refractivity contribution in [3.05, 3.63) is 0 Å². The number of piperidine rings is 1. The quantitative estimate of drug-likeness (QED) is 0.618. The van der Waals surface area contributed by atoms with E-state index >= 15 is 0 Å². The van der Waals surface area contributed by atoms with Crippen molar-refractivity contribution in [2.45, 2.75) is 85.7 Å². The lowest BCUT2D eigenvalue weighted by Gasteiger charge is -2.33. The molecule has 0 radical (unpaired) electrons. The molecule has 4 heteroatoms. The Morgan fingerprint density at radius 2 is 1.88 bits per heavy atom. The second-order valence-corrected chi connectivity index (χ2v) is 7.06. The first-order valence-electron chi connectivity index (χ1n) is 10.3. The predicted octanol–water partition coefficient (Wildman–Crippen LogP) is 5.08. The van der Waals surface area contributed by atoms with Gasteiger partial charge in [0.15, 0.2) is 6.61 Å². The SMILES string of the molecule is CC.CCCC(C)CC(CC)C1=NOCC(CN2CCCCC2)O1. The summed E-state index contributed by atoms with van der Waals surface area (Å²) in [5, 5.41) is 4.23. The Hall–Kier alpha value is -0.770. The summed E-state index contributed by atoms with van der Waals surface area (Å²) in [5.41, 5.74) is 0. The molecule has 2 heterocycles. The van der Waals surface area contributed by atoms with Crippen molar-refractivity contribution in [3.8, 4) is 0 Å². The fourth-order valence-electron chi connectivity index (χ4n) is 3.64. The van der Waals surface area contributed by atoms with Gasteiger partial charge in [0.1, 0.15) is 6.10 Å². The molecular weight excluding hydrogens is 300 g/mol. The van der Waals surface area contributed by atoms with Gasteiger partial charge in [0.05, 0.1) is 0 Å². The maximum Gasteiger partial charge on any atom is 0.229 e. The van der Waals surface area contributed by atoms with E-state index in [-0.39, 0.29) is 6.10 Å². The van der Waals surface area contributed by atoms with E-state index < -0.39 is 0 Å². The fourth-order valence-corrected chi connectivity index (χ4v) is 3.64. The van der Waals surface area contributed by atoms with Crippen LogP contribution in [0.1, 0.15) is 79.6 Å². The lowest BCUT2D eigenvalue weighted by atomic mass is 9.90. The molecule has 2 rings (SSSR count). The molecule has 3 unspecified atom stereocenters. The number of likely N-dealkylation sites (tertiary alicyclic amines) is 1. The fraction of sp³-hybridized carbons (Fsp3) is 0.950. The van der Waals surface area contributed by atoms with Crippen molar-refractivity contribution in [3.63, 3.8) is 0 Å². The monoisotopic (exact) mass is 340 g/mol. The molecule has 0 amide bonds. The van der Waals surface area contributed by atoms with Crippen molar-refractivity contribution < 1.29 is 9.57 Å². The lowest BCUT2D eigenvalue weighted by Crippen LogP contribution is -2.42. The molecule has 1 fully saturated rings. The van der Waals surface area contributed by atoms with E-state index in [1.54, 1.807) is 0 Å². The first-order chi connectivity index (χ1) is 11.7. The zero-order valence-corrected chi connectivity index (χ0v) is 16.7. The highest BCUT2D eigenvalue weighted by molar-refractivity contribution is 5.78. The summed E-state index contributed by atoms with van der Waals surface area (Å²) in [4.78, 5) is 8.01. The van der Waals surface area contributed by atoms with Crippen LogP contribution in [0.3, 0.4) is 0 Å². The van der Waals surface area contributed by atoms with Gasteiger partial charge in [-0.25, -0.2) is 0 Å². The highest BCUT2D eigenvalue weighted by Gasteiger charge is 2.28. The van der Waals surface area contributed by atoms with E-state index in [1.807, 2.05) is 13.8 Å². The molecule has 142 valence electrons. The largest absolute Gasteiger partial charge is 0.470 e. The third kappa shape index (κ3) is 7.42. The predicted molar refractivity (Wildman–Crippen MR) is 102 cm³/mol. The van der Waals surface area contributed by atoms with Crippen LogP contribution < -0.4 is 0 Å². The van der Waals surface area contributed by atoms with Crippen LogP contribution in [-0.4, -0.2) is 43.1 Å². The van der Waals surface area contributed by atoms with Crippen LogP contribution in [0.2, 0.25) is 0 Å². The third-order valence-corrected chi connectivity index (χ3v) is 4.92. The second kappa shape index (κ2) is 12.6. The zero-order valence-electron chi connectivity index (χ0n) is 16.7. The molecule has 0 N–H and O–H groups in total. The summed E-state index contributed by atoms with van der Waals surface area (Å²) in [6, 6.07) is 0. The summed E-state index contributed by atoms with van der Waals surface area (Å²) in [6.45, 7) is 14.8. The average molecular weight is 341 g/mol. The summed E-state index contributed by atoms with van der Waals surface area (Å²) in [5.74, 6) is 1.98. The normalized spacial score (nSPS) is 23.9. The van der Waals surface area contributed by atoms with Crippen LogP contribution in [0, 0.1) is 11.8 Å². The Morgan fingerprint density at radius 3 is 2.50 bits per heavy atom. The van der Waals surface area contributed by atoms with Crippen molar-refractivity contribution in [1.82, 2.24) is 4.90 Å². The third-order valence-electron chi connectivity index (χ3n) is 4.92. The minimum absolute atomic E-state index is 0.154. The second-order valence-electron chi connectivity index (χ2n) is 7.06. The summed E-state index contributed by atoms with van der Waals surface area (Å²) in [6.07, 6.45) is 8.93. The Bertz CT molecular complexity index is 341. The van der Waals surface area contributed by atoms with Crippen LogP contribution in [0.5, 0.6) is 0 Å². The maximum absolute atomic E-state index is 6.20. The smallest absolute Gasteiger partial charge is 0.229 e. The van der Waals surface area contributed by atoms with Gasteiger partial charge in [-0.3, -0.25) is 4.90 Å². The molecule has 0 bridgehead atoms. The summed E-state index contributed by atoms with van der Waals surface area (Å²) in [7, 11) is 0. The van der Waals surface area contributed by atoms with Crippen molar-refractivity contribution in [2.24, 2.45) is 17.0 Å². The van der Waals surface area contributed by atoms with Crippen LogP contribution in [0.15, 0.2) is 5.16 Å². The number of nitrogens with zero attached hydrogens (tertiary/aromatic N) is 2. The number of ether oxygens (including phenoxy) is 1. The van der Waals surface area contributed by atoms with Crippen molar-refractivity contribution in [1.29, 1.82) is 0 Å². The minimum Gasteiger partial charge on any atom is -0.470 e. The van der Waals surface area contributed by atoms with E-state index in [2.05, 4.69) is 30.8 Å². The molecule has 4 nitrogen and oxygen atoms in total. The average Bonchev–Trinajstić information content (AvgIpc) is 2.63. The number of hydrogen-bond donors (Lipinski definition) is 0. The molecule has 0 spiro atoms. The van der Waals surface area contributed by atoms with Gasteiger partial charge in [-0.2, -0.15) is 0 Å². The Morgan fingerprint density at radius 1 is 1.17 bits per heavy atom. The molecule has 24 heavy (non-hydrogen) atoms. The Labute approximate surface area is 150 Å². The number of oxime groups is 1. The molecule has 2 aliphatic heterocycles. The van der Waals surface area contributed by atoms with Gasteiger partial charge in [0.2, 0.25) is 5.90 Å². The zero-order chi connectivity index (χ0) is 17.8. The van der Waals surface area contributed by atoms with Gasteiger partial charge >= 0.3 is 0 Å². The maximum atomic E-state index is 6.20. The molecule has 1 saturated heterocycles. The van der Waals surface area contributed by atoms with E-state index in [4.69, 9.17) is 9.57 Å². The van der Waals surface area contributed by atoms with Crippen molar-refractivity contribution >= 4 is 5.90 Å². The van der Waals surface area contributed by atoms with E-state index in [9.17, 15) is 0 Å². The van der Waals surface area contributed by atoms with Crippen molar-refractivity contribution in [2.75, 3.05) is 26.2 Å². The highest BCUT2D eigenvalue weighted by atomic mass is 16.7. The van der Waals surface area contributed by atoms with Crippen LogP contribution in [-0.2, 0) is 9.57 Å². The highest BCUT2D eigenvalue weighted by Crippen LogP contribution is 2.24. The van der Waals surface area contributed by atoms with Crippen LogP contribution in [0.4, 0.5) is 0 Å². The molecule has 0 aromatic carbocycles. The first-order valence-corrected chi connectivity index (χ1v) is 10.3. The van der Waals surface area contributed by atoms with E-state index in [1.165, 1.54) is 45.2 Å². The Kier molecular flexibility index (Phi) is 11.1. The summed E-state index contributed by atoms with van der Waals surface area (Å²) >= 11 is 0. The minimum atomic E-state index is 0.154. The topological polar surface area (TPSA) is 34.1 Å². The molecule has 0 aliphatic carbocycles. The van der Waals surface area contributed by atoms with Crippen LogP contribution in [0.25, 0.3) is 0 Å². The molecular formula is C20H40N2O2. The molecule has 0 saturated carbocycles.